The summed E-state index contributed by atoms with van der Waals surface area (Å²) in [5.74, 6) is -0.0612. The lowest BCUT2D eigenvalue weighted by molar-refractivity contribution is 0.0918. The average molecular weight is 408 g/mol. The first-order valence-electron chi connectivity index (χ1n) is 6.40. The third kappa shape index (κ3) is 3.66. The normalized spacial score (nSPS) is 18.6. The predicted octanol–water partition coefficient (Wildman–Crippen LogP) is 3.46. The maximum atomic E-state index is 12.3. The van der Waals surface area contributed by atoms with Gasteiger partial charge in [-0.2, -0.15) is 0 Å². The van der Waals surface area contributed by atoms with Crippen molar-refractivity contribution in [1.29, 1.82) is 0 Å². The number of carbonyl (C=O) groups is 1. The summed E-state index contributed by atoms with van der Waals surface area (Å²) in [6.07, 6.45) is 6.23. The van der Waals surface area contributed by atoms with E-state index in [1.807, 2.05) is 11.4 Å². The fourth-order valence-corrected chi connectivity index (χ4v) is 4.07. The van der Waals surface area contributed by atoms with Crippen molar-refractivity contribution in [3.05, 3.63) is 19.9 Å². The molecule has 1 amide bonds. The summed E-state index contributed by atoms with van der Waals surface area (Å²) in [4.78, 5) is 12.7. The number of hydrogen-bond acceptors (Lipinski definition) is 3. The van der Waals surface area contributed by atoms with Gasteiger partial charge in [0.15, 0.2) is 0 Å². The molecule has 1 aromatic heterocycles. The molecule has 0 unspecified atom stereocenters. The van der Waals surface area contributed by atoms with Crippen molar-refractivity contribution in [2.45, 2.75) is 44.1 Å². The highest BCUT2D eigenvalue weighted by molar-refractivity contribution is 14.1. The van der Waals surface area contributed by atoms with Gasteiger partial charge in [0.25, 0.3) is 5.91 Å². The van der Waals surface area contributed by atoms with E-state index in [2.05, 4.69) is 27.9 Å². The molecule has 19 heavy (non-hydrogen) atoms. The van der Waals surface area contributed by atoms with Crippen molar-refractivity contribution < 1.29 is 4.79 Å². The Bertz CT molecular complexity index is 479. The molecule has 1 saturated carbocycles. The number of rotatable bonds is 3. The molecule has 1 aliphatic rings. The van der Waals surface area contributed by atoms with Crippen molar-refractivity contribution in [2.24, 2.45) is 5.73 Å². The molecule has 0 radical (unpaired) electrons. The molecule has 6 heteroatoms. The first kappa shape index (κ1) is 15.2. The van der Waals surface area contributed by atoms with E-state index in [0.29, 0.717) is 10.6 Å². The molecular weight excluding hydrogens is 391 g/mol. The van der Waals surface area contributed by atoms with E-state index in [1.54, 1.807) is 11.3 Å². The van der Waals surface area contributed by atoms with Crippen molar-refractivity contribution >= 4 is 57.0 Å². The molecule has 0 aliphatic heterocycles. The Kier molecular flexibility index (Phi) is 5.19. The molecule has 0 saturated heterocycles. The Morgan fingerprint density at radius 1 is 1.37 bits per heavy atom. The standard InChI is InChI=1S/C13H17IN2OS2/c14-10-7-9(8-19-10)11(17)16-13(12(15)18)5-3-1-2-4-6-13/h7-8H,1-6H2,(H2,15,18)(H,16,17). The molecule has 1 heterocycles. The summed E-state index contributed by atoms with van der Waals surface area (Å²) in [7, 11) is 0. The van der Waals surface area contributed by atoms with E-state index in [9.17, 15) is 4.79 Å². The van der Waals surface area contributed by atoms with Crippen LogP contribution in [-0.2, 0) is 0 Å². The minimum Gasteiger partial charge on any atom is -0.391 e. The first-order chi connectivity index (χ1) is 9.03. The van der Waals surface area contributed by atoms with Crippen molar-refractivity contribution in [1.82, 2.24) is 5.32 Å². The molecule has 0 atom stereocenters. The van der Waals surface area contributed by atoms with E-state index in [-0.39, 0.29) is 5.91 Å². The highest BCUT2D eigenvalue weighted by Gasteiger charge is 2.35. The Morgan fingerprint density at radius 3 is 2.47 bits per heavy atom. The van der Waals surface area contributed by atoms with Crippen LogP contribution < -0.4 is 11.1 Å². The van der Waals surface area contributed by atoms with Crippen LogP contribution in [0.3, 0.4) is 0 Å². The van der Waals surface area contributed by atoms with Crippen molar-refractivity contribution in [3.63, 3.8) is 0 Å². The molecule has 104 valence electrons. The number of nitrogens with two attached hydrogens (primary N) is 1. The summed E-state index contributed by atoms with van der Waals surface area (Å²) in [5.41, 5.74) is 6.13. The van der Waals surface area contributed by atoms with Gasteiger partial charge in [-0.3, -0.25) is 4.79 Å². The molecular formula is C13H17IN2OS2. The second-order valence-electron chi connectivity index (χ2n) is 4.95. The number of thiocarbonyl (C=S) groups is 1. The fourth-order valence-electron chi connectivity index (χ4n) is 2.48. The quantitative estimate of drug-likeness (QED) is 0.458. The zero-order valence-corrected chi connectivity index (χ0v) is 14.4. The second kappa shape index (κ2) is 6.49. The van der Waals surface area contributed by atoms with Gasteiger partial charge in [0.2, 0.25) is 0 Å². The smallest absolute Gasteiger partial charge is 0.252 e. The Labute approximate surface area is 136 Å². The fraction of sp³-hybridized carbons (Fsp3) is 0.538. The minimum atomic E-state index is -0.490. The monoisotopic (exact) mass is 408 g/mol. The Balaban J connectivity index is 2.16. The van der Waals surface area contributed by atoms with E-state index < -0.39 is 5.54 Å². The summed E-state index contributed by atoms with van der Waals surface area (Å²) in [5, 5.41) is 4.98. The summed E-state index contributed by atoms with van der Waals surface area (Å²) in [6, 6.07) is 1.89. The largest absolute Gasteiger partial charge is 0.391 e. The SMILES string of the molecule is NC(=S)C1(NC(=O)c2csc(I)c2)CCCCCC1. The van der Waals surface area contributed by atoms with Gasteiger partial charge in [-0.1, -0.05) is 37.9 Å². The first-order valence-corrected chi connectivity index (χ1v) is 8.77. The van der Waals surface area contributed by atoms with Crippen LogP contribution >= 0.6 is 46.1 Å². The number of halogens is 1. The zero-order chi connectivity index (χ0) is 13.9. The van der Waals surface area contributed by atoms with Crippen LogP contribution in [0.2, 0.25) is 0 Å². The lowest BCUT2D eigenvalue weighted by atomic mass is 9.89. The van der Waals surface area contributed by atoms with Gasteiger partial charge >= 0.3 is 0 Å². The van der Waals surface area contributed by atoms with E-state index in [1.165, 1.54) is 12.8 Å². The van der Waals surface area contributed by atoms with E-state index in [0.717, 1.165) is 28.6 Å². The summed E-state index contributed by atoms with van der Waals surface area (Å²) in [6.45, 7) is 0. The lowest BCUT2D eigenvalue weighted by Gasteiger charge is -2.32. The van der Waals surface area contributed by atoms with E-state index >= 15 is 0 Å². The Morgan fingerprint density at radius 2 is 2.00 bits per heavy atom. The van der Waals surface area contributed by atoms with Crippen LogP contribution in [0, 0.1) is 2.88 Å². The van der Waals surface area contributed by atoms with Crippen molar-refractivity contribution in [2.75, 3.05) is 0 Å². The maximum Gasteiger partial charge on any atom is 0.252 e. The second-order valence-corrected chi connectivity index (χ2v) is 8.20. The molecule has 1 aromatic rings. The predicted molar refractivity (Wildman–Crippen MR) is 91.7 cm³/mol. The molecule has 2 rings (SSSR count). The number of thiophene rings is 1. The van der Waals surface area contributed by atoms with Gasteiger partial charge in [0.05, 0.1) is 19.0 Å². The molecule has 3 N–H and O–H groups in total. The number of amides is 1. The molecule has 0 aromatic carbocycles. The molecule has 1 fully saturated rings. The van der Waals surface area contributed by atoms with Crippen LogP contribution in [0.15, 0.2) is 11.4 Å². The van der Waals surface area contributed by atoms with Crippen LogP contribution in [0.25, 0.3) is 0 Å². The highest BCUT2D eigenvalue weighted by Crippen LogP contribution is 2.28. The maximum absolute atomic E-state index is 12.3. The number of hydrogen-bond donors (Lipinski definition) is 2. The van der Waals surface area contributed by atoms with Gasteiger partial charge in [0.1, 0.15) is 0 Å². The third-order valence-electron chi connectivity index (χ3n) is 3.61. The zero-order valence-electron chi connectivity index (χ0n) is 10.6. The van der Waals surface area contributed by atoms with Gasteiger partial charge < -0.3 is 11.1 Å². The average Bonchev–Trinajstić information content (AvgIpc) is 2.65. The summed E-state index contributed by atoms with van der Waals surface area (Å²) >= 11 is 9.01. The van der Waals surface area contributed by atoms with Gasteiger partial charge in [0, 0.05) is 5.38 Å². The lowest BCUT2D eigenvalue weighted by Crippen LogP contribution is -2.56. The van der Waals surface area contributed by atoms with Gasteiger partial charge in [-0.25, -0.2) is 0 Å². The van der Waals surface area contributed by atoms with E-state index in [4.69, 9.17) is 18.0 Å². The van der Waals surface area contributed by atoms with Crippen LogP contribution in [0.5, 0.6) is 0 Å². The number of carbonyl (C=O) groups excluding carboxylic acids is 1. The topological polar surface area (TPSA) is 55.1 Å². The Hall–Kier alpha value is -0.210. The van der Waals surface area contributed by atoms with Crippen LogP contribution in [-0.4, -0.2) is 16.4 Å². The highest BCUT2D eigenvalue weighted by atomic mass is 127. The van der Waals surface area contributed by atoms with Crippen LogP contribution in [0.4, 0.5) is 0 Å². The van der Waals surface area contributed by atoms with Crippen molar-refractivity contribution in [3.8, 4) is 0 Å². The summed E-state index contributed by atoms with van der Waals surface area (Å²) < 4.78 is 1.10. The third-order valence-corrected chi connectivity index (χ3v) is 5.79. The van der Waals surface area contributed by atoms with Crippen LogP contribution in [0.1, 0.15) is 48.9 Å². The molecule has 1 aliphatic carbocycles. The van der Waals surface area contributed by atoms with Gasteiger partial charge in [-0.15, -0.1) is 11.3 Å². The minimum absolute atomic E-state index is 0.0612. The number of nitrogens with one attached hydrogen (secondary N) is 1. The molecule has 0 bridgehead atoms. The van der Waals surface area contributed by atoms with Gasteiger partial charge in [-0.05, 0) is 41.5 Å². The molecule has 3 nitrogen and oxygen atoms in total. The molecule has 0 spiro atoms.